The summed E-state index contributed by atoms with van der Waals surface area (Å²) in [6.07, 6.45) is 3.55. The van der Waals surface area contributed by atoms with Gasteiger partial charge in [-0.05, 0) is 46.6 Å². The molecule has 0 aromatic carbocycles. The summed E-state index contributed by atoms with van der Waals surface area (Å²) in [4.78, 5) is 8.43. The summed E-state index contributed by atoms with van der Waals surface area (Å²) in [5.74, 6) is 0.512. The smallest absolute Gasteiger partial charge is 0.147 e. The maximum Gasteiger partial charge on any atom is 0.147 e. The van der Waals surface area contributed by atoms with E-state index in [0.717, 1.165) is 29.6 Å². The molecular weight excluding hydrogens is 280 g/mol. The fourth-order valence-electron chi connectivity index (χ4n) is 2.88. The van der Waals surface area contributed by atoms with Crippen LogP contribution >= 0.6 is 0 Å². The van der Waals surface area contributed by atoms with Gasteiger partial charge in [-0.2, -0.15) is 0 Å². The molecule has 2 unspecified atom stereocenters. The minimum Gasteiger partial charge on any atom is -0.383 e. The third kappa shape index (κ3) is 2.94. The number of hydrogen-bond donors (Lipinski definition) is 1. The molecule has 0 radical (unpaired) electrons. The third-order valence-electron chi connectivity index (χ3n) is 3.93. The standard InChI is InChI=1S/C16H24N4O2/c1-10-7-12-14(17)18-9-19-15(12)20(10)13-6-5-11(22-13)8-21-16(2,3)4/h7,9,11,13H,5-6,8H2,1-4H3,(H2,17,18,19). The number of nitrogen functional groups attached to an aromatic ring is 1. The van der Waals surface area contributed by atoms with Crippen LogP contribution in [0.1, 0.15) is 45.5 Å². The maximum absolute atomic E-state index is 6.17. The molecule has 2 aromatic heterocycles. The van der Waals surface area contributed by atoms with E-state index in [1.165, 1.54) is 6.33 Å². The summed E-state index contributed by atoms with van der Waals surface area (Å²) in [6.45, 7) is 8.84. The first-order chi connectivity index (χ1) is 10.3. The summed E-state index contributed by atoms with van der Waals surface area (Å²) >= 11 is 0. The van der Waals surface area contributed by atoms with Gasteiger partial charge in [0.2, 0.25) is 0 Å². The predicted molar refractivity (Wildman–Crippen MR) is 85.5 cm³/mol. The first kappa shape index (κ1) is 15.2. The molecule has 1 saturated heterocycles. The minimum absolute atomic E-state index is 0.0135. The van der Waals surface area contributed by atoms with Crippen LogP contribution in [0, 0.1) is 6.92 Å². The number of anilines is 1. The lowest BCUT2D eigenvalue weighted by molar-refractivity contribution is -0.0820. The lowest BCUT2D eigenvalue weighted by atomic mass is 10.2. The van der Waals surface area contributed by atoms with E-state index in [-0.39, 0.29) is 17.9 Å². The lowest BCUT2D eigenvalue weighted by Gasteiger charge is -2.23. The van der Waals surface area contributed by atoms with Gasteiger partial charge in [-0.3, -0.25) is 0 Å². The summed E-state index contributed by atoms with van der Waals surface area (Å²) in [5.41, 5.74) is 7.72. The molecule has 0 saturated carbocycles. The number of rotatable bonds is 3. The van der Waals surface area contributed by atoms with Gasteiger partial charge < -0.3 is 19.8 Å². The van der Waals surface area contributed by atoms with Crippen LogP contribution in [0.25, 0.3) is 11.0 Å². The second-order valence-corrected chi connectivity index (χ2v) is 6.87. The molecule has 120 valence electrons. The van der Waals surface area contributed by atoms with E-state index in [4.69, 9.17) is 15.2 Å². The molecule has 0 spiro atoms. The van der Waals surface area contributed by atoms with Gasteiger partial charge in [0, 0.05) is 5.69 Å². The van der Waals surface area contributed by atoms with Crippen molar-refractivity contribution >= 4 is 16.9 Å². The van der Waals surface area contributed by atoms with Crippen molar-refractivity contribution < 1.29 is 9.47 Å². The Morgan fingerprint density at radius 3 is 2.86 bits per heavy atom. The number of aromatic nitrogens is 3. The molecule has 6 heteroatoms. The Bertz CT molecular complexity index is 675. The highest BCUT2D eigenvalue weighted by atomic mass is 16.6. The van der Waals surface area contributed by atoms with Crippen LogP contribution in [0.5, 0.6) is 0 Å². The molecular formula is C16H24N4O2. The van der Waals surface area contributed by atoms with Crippen molar-refractivity contribution in [1.82, 2.24) is 14.5 Å². The maximum atomic E-state index is 6.17. The van der Waals surface area contributed by atoms with E-state index in [1.807, 2.05) is 13.0 Å². The van der Waals surface area contributed by atoms with Crippen molar-refractivity contribution in [3.63, 3.8) is 0 Å². The zero-order chi connectivity index (χ0) is 15.9. The summed E-state index contributed by atoms with van der Waals surface area (Å²) < 4.78 is 14.1. The highest BCUT2D eigenvalue weighted by Gasteiger charge is 2.30. The second-order valence-electron chi connectivity index (χ2n) is 6.87. The van der Waals surface area contributed by atoms with E-state index in [9.17, 15) is 0 Å². The normalized spacial score (nSPS) is 22.5. The Morgan fingerprint density at radius 1 is 1.36 bits per heavy atom. The van der Waals surface area contributed by atoms with Crippen LogP contribution in [0.3, 0.4) is 0 Å². The largest absolute Gasteiger partial charge is 0.383 e. The van der Waals surface area contributed by atoms with E-state index < -0.39 is 0 Å². The van der Waals surface area contributed by atoms with E-state index in [0.29, 0.717) is 12.4 Å². The predicted octanol–water partition coefficient (Wildman–Crippen LogP) is 2.81. The average Bonchev–Trinajstić information content (AvgIpc) is 3.00. The Morgan fingerprint density at radius 2 is 2.14 bits per heavy atom. The molecule has 0 aliphatic carbocycles. The second kappa shape index (κ2) is 5.52. The number of aryl methyl sites for hydroxylation is 1. The van der Waals surface area contributed by atoms with Gasteiger partial charge in [-0.25, -0.2) is 9.97 Å². The van der Waals surface area contributed by atoms with E-state index in [2.05, 4.69) is 35.3 Å². The molecule has 1 aliphatic heterocycles. The summed E-state index contributed by atoms with van der Waals surface area (Å²) in [5, 5.41) is 0.887. The van der Waals surface area contributed by atoms with E-state index >= 15 is 0 Å². The van der Waals surface area contributed by atoms with Gasteiger partial charge in [0.25, 0.3) is 0 Å². The van der Waals surface area contributed by atoms with Gasteiger partial charge in [-0.1, -0.05) is 0 Å². The highest BCUT2D eigenvalue weighted by Crippen LogP contribution is 2.34. The van der Waals surface area contributed by atoms with E-state index in [1.54, 1.807) is 0 Å². The van der Waals surface area contributed by atoms with Gasteiger partial charge >= 0.3 is 0 Å². The Balaban J connectivity index is 1.79. The van der Waals surface area contributed by atoms with Gasteiger partial charge in [-0.15, -0.1) is 0 Å². The fourth-order valence-corrected chi connectivity index (χ4v) is 2.88. The number of ether oxygens (including phenoxy) is 2. The SMILES string of the molecule is Cc1cc2c(N)ncnc2n1C1CCC(COC(C)(C)C)O1. The van der Waals surface area contributed by atoms with Crippen LogP contribution in [0.15, 0.2) is 12.4 Å². The number of hydrogen-bond acceptors (Lipinski definition) is 5. The zero-order valence-electron chi connectivity index (χ0n) is 13.7. The van der Waals surface area contributed by atoms with Gasteiger partial charge in [0.15, 0.2) is 0 Å². The summed E-state index contributed by atoms with van der Waals surface area (Å²) in [7, 11) is 0. The quantitative estimate of drug-likeness (QED) is 0.943. The number of fused-ring (bicyclic) bond motifs is 1. The number of nitrogens with two attached hydrogens (primary N) is 1. The molecule has 1 fully saturated rings. The first-order valence-electron chi connectivity index (χ1n) is 7.72. The highest BCUT2D eigenvalue weighted by molar-refractivity contribution is 5.87. The molecule has 6 nitrogen and oxygen atoms in total. The molecule has 3 heterocycles. The van der Waals surface area contributed by atoms with Crippen molar-refractivity contribution in [2.45, 2.75) is 58.5 Å². The molecule has 22 heavy (non-hydrogen) atoms. The fraction of sp³-hybridized carbons (Fsp3) is 0.625. The van der Waals surface area contributed by atoms with Crippen molar-refractivity contribution in [3.8, 4) is 0 Å². The Labute approximate surface area is 130 Å². The van der Waals surface area contributed by atoms with Gasteiger partial charge in [0.1, 0.15) is 24.0 Å². The average molecular weight is 304 g/mol. The molecule has 2 N–H and O–H groups in total. The summed E-state index contributed by atoms with van der Waals surface area (Å²) in [6, 6.07) is 2.02. The first-order valence-corrected chi connectivity index (χ1v) is 7.72. The topological polar surface area (TPSA) is 75.2 Å². The zero-order valence-corrected chi connectivity index (χ0v) is 13.7. The van der Waals surface area contributed by atoms with Crippen LogP contribution < -0.4 is 5.73 Å². The van der Waals surface area contributed by atoms with Crippen LogP contribution in [0.2, 0.25) is 0 Å². The Kier molecular flexibility index (Phi) is 3.82. The minimum atomic E-state index is -0.140. The van der Waals surface area contributed by atoms with Crippen LogP contribution in [0.4, 0.5) is 5.82 Å². The monoisotopic (exact) mass is 304 g/mol. The molecule has 1 aliphatic rings. The van der Waals surface area contributed by atoms with Crippen molar-refractivity contribution in [2.24, 2.45) is 0 Å². The molecule has 0 amide bonds. The molecule has 2 aromatic rings. The number of nitrogens with zero attached hydrogens (tertiary/aromatic N) is 3. The Hall–Kier alpha value is -1.66. The van der Waals surface area contributed by atoms with Crippen molar-refractivity contribution in [2.75, 3.05) is 12.3 Å². The third-order valence-corrected chi connectivity index (χ3v) is 3.93. The lowest BCUT2D eigenvalue weighted by Crippen LogP contribution is -2.26. The molecule has 0 bridgehead atoms. The van der Waals surface area contributed by atoms with Crippen LogP contribution in [-0.2, 0) is 9.47 Å². The molecule has 3 rings (SSSR count). The van der Waals surface area contributed by atoms with Gasteiger partial charge in [0.05, 0.1) is 23.7 Å². The van der Waals surface area contributed by atoms with Crippen molar-refractivity contribution in [1.29, 1.82) is 0 Å². The van der Waals surface area contributed by atoms with Crippen molar-refractivity contribution in [3.05, 3.63) is 18.1 Å². The van der Waals surface area contributed by atoms with Crippen LogP contribution in [-0.4, -0.2) is 32.8 Å². The molecule has 2 atom stereocenters.